The van der Waals surface area contributed by atoms with E-state index < -0.39 is 10.8 Å². The highest BCUT2D eigenvalue weighted by atomic mass is 32.2. The molecule has 0 spiro atoms. The molecule has 1 aromatic rings. The van der Waals surface area contributed by atoms with Crippen molar-refractivity contribution in [3.05, 3.63) is 23.8 Å². The molecule has 0 aromatic heterocycles. The lowest BCUT2D eigenvalue weighted by Gasteiger charge is -2.24. The van der Waals surface area contributed by atoms with Crippen molar-refractivity contribution < 1.29 is 4.21 Å². The number of benzene rings is 1. The van der Waals surface area contributed by atoms with Crippen molar-refractivity contribution in [2.24, 2.45) is 0 Å². The van der Waals surface area contributed by atoms with Crippen LogP contribution < -0.4 is 11.1 Å². The normalized spacial score (nSPS) is 19.6. The molecule has 1 unspecified atom stereocenters. The summed E-state index contributed by atoms with van der Waals surface area (Å²) >= 11 is 0. The van der Waals surface area contributed by atoms with Crippen LogP contribution in [0.25, 0.3) is 0 Å². The zero-order valence-corrected chi connectivity index (χ0v) is 10.3. The van der Waals surface area contributed by atoms with E-state index in [4.69, 9.17) is 5.73 Å². The molecule has 0 bridgehead atoms. The monoisotopic (exact) mass is 238 g/mol. The summed E-state index contributed by atoms with van der Waals surface area (Å²) < 4.78 is 11.7. The summed E-state index contributed by atoms with van der Waals surface area (Å²) in [4.78, 5) is 0.909. The fraction of sp³-hybridized carbons (Fsp3) is 0.500. The summed E-state index contributed by atoms with van der Waals surface area (Å²) in [5.41, 5.74) is 7.66. The van der Waals surface area contributed by atoms with E-state index in [9.17, 15) is 4.21 Å². The third-order valence-corrected chi connectivity index (χ3v) is 4.10. The second kappa shape index (κ2) is 4.97. The molecule has 0 saturated carbocycles. The van der Waals surface area contributed by atoms with Crippen LogP contribution in [0.3, 0.4) is 0 Å². The first-order valence-corrected chi connectivity index (χ1v) is 7.18. The zero-order chi connectivity index (χ0) is 11.5. The maximum Gasteiger partial charge on any atom is 0.0501 e. The van der Waals surface area contributed by atoms with Crippen LogP contribution in [0.15, 0.2) is 23.1 Å². The minimum atomic E-state index is -0.953. The molecule has 1 fully saturated rings. The van der Waals surface area contributed by atoms with Crippen LogP contribution in [0.5, 0.6) is 0 Å². The van der Waals surface area contributed by atoms with E-state index >= 15 is 0 Å². The van der Waals surface area contributed by atoms with E-state index in [2.05, 4.69) is 5.32 Å². The van der Waals surface area contributed by atoms with Gasteiger partial charge in [0.15, 0.2) is 0 Å². The standard InChI is InChI=1S/C12H18N2OS/c1-16(15)12-8-10(13)2-3-11(12)9-4-6-14-7-5-9/h2-3,8-9,14H,4-7,13H2,1H3. The number of anilines is 1. The molecule has 2 rings (SSSR count). The van der Waals surface area contributed by atoms with Gasteiger partial charge in [0.2, 0.25) is 0 Å². The van der Waals surface area contributed by atoms with Gasteiger partial charge in [-0.2, -0.15) is 0 Å². The molecule has 1 heterocycles. The molecule has 1 aliphatic heterocycles. The Bertz CT molecular complexity index is 400. The van der Waals surface area contributed by atoms with Gasteiger partial charge >= 0.3 is 0 Å². The topological polar surface area (TPSA) is 55.1 Å². The number of hydrogen-bond acceptors (Lipinski definition) is 3. The highest BCUT2D eigenvalue weighted by molar-refractivity contribution is 7.84. The highest BCUT2D eigenvalue weighted by Crippen LogP contribution is 2.30. The number of nitrogen functional groups attached to an aromatic ring is 1. The smallest absolute Gasteiger partial charge is 0.0501 e. The summed E-state index contributed by atoms with van der Waals surface area (Å²) in [5.74, 6) is 0.528. The molecule has 4 heteroatoms. The molecule has 88 valence electrons. The number of nitrogens with one attached hydrogen (secondary N) is 1. The second-order valence-corrected chi connectivity index (χ2v) is 5.62. The Labute approximate surface area is 98.9 Å². The molecule has 1 aromatic carbocycles. The van der Waals surface area contributed by atoms with Gasteiger partial charge in [0.25, 0.3) is 0 Å². The summed E-state index contributed by atoms with van der Waals surface area (Å²) in [6, 6.07) is 5.81. The van der Waals surface area contributed by atoms with Crippen molar-refractivity contribution in [2.45, 2.75) is 23.7 Å². The average Bonchev–Trinajstić information content (AvgIpc) is 2.30. The number of hydrogen-bond donors (Lipinski definition) is 2. The lowest BCUT2D eigenvalue weighted by atomic mass is 9.90. The summed E-state index contributed by atoms with van der Waals surface area (Å²) in [6.45, 7) is 2.09. The Hall–Kier alpha value is -0.870. The first-order chi connectivity index (χ1) is 7.68. The maximum atomic E-state index is 11.7. The van der Waals surface area contributed by atoms with E-state index in [1.165, 1.54) is 5.56 Å². The molecule has 0 aliphatic carbocycles. The molecule has 1 saturated heterocycles. The van der Waals surface area contributed by atoms with Gasteiger partial charge in [-0.25, -0.2) is 0 Å². The zero-order valence-electron chi connectivity index (χ0n) is 9.53. The average molecular weight is 238 g/mol. The molecule has 1 aliphatic rings. The number of nitrogens with two attached hydrogens (primary N) is 1. The van der Waals surface area contributed by atoms with E-state index in [1.54, 1.807) is 6.26 Å². The number of piperidine rings is 1. The van der Waals surface area contributed by atoms with Crippen LogP contribution in [0.1, 0.15) is 24.3 Å². The van der Waals surface area contributed by atoms with Gasteiger partial charge in [0.05, 0.1) is 10.8 Å². The lowest BCUT2D eigenvalue weighted by molar-refractivity contribution is 0.456. The molecule has 0 amide bonds. The maximum absolute atomic E-state index is 11.7. The minimum absolute atomic E-state index is 0.528. The Morgan fingerprint density at radius 3 is 2.69 bits per heavy atom. The molecule has 1 atom stereocenters. The Morgan fingerprint density at radius 1 is 1.38 bits per heavy atom. The van der Waals surface area contributed by atoms with Gasteiger partial charge in [-0.05, 0) is 49.5 Å². The van der Waals surface area contributed by atoms with E-state index in [0.717, 1.165) is 30.8 Å². The van der Waals surface area contributed by atoms with E-state index in [1.807, 2.05) is 18.2 Å². The Kier molecular flexibility index (Phi) is 3.61. The Morgan fingerprint density at radius 2 is 2.06 bits per heavy atom. The van der Waals surface area contributed by atoms with Gasteiger partial charge in [-0.3, -0.25) is 4.21 Å². The lowest BCUT2D eigenvalue weighted by Crippen LogP contribution is -2.27. The minimum Gasteiger partial charge on any atom is -0.399 e. The van der Waals surface area contributed by atoms with Gasteiger partial charge in [0, 0.05) is 16.8 Å². The molecule has 0 radical (unpaired) electrons. The number of rotatable bonds is 2. The molecule has 3 nitrogen and oxygen atoms in total. The van der Waals surface area contributed by atoms with E-state index in [-0.39, 0.29) is 0 Å². The van der Waals surface area contributed by atoms with Gasteiger partial charge in [-0.1, -0.05) is 6.07 Å². The van der Waals surface area contributed by atoms with Crippen molar-refractivity contribution in [3.8, 4) is 0 Å². The third-order valence-electron chi connectivity index (χ3n) is 3.13. The van der Waals surface area contributed by atoms with Crippen LogP contribution in [0, 0.1) is 0 Å². The SMILES string of the molecule is CS(=O)c1cc(N)ccc1C1CCNCC1. The predicted octanol–water partition coefficient (Wildman–Crippen LogP) is 1.47. The third kappa shape index (κ3) is 2.44. The van der Waals surface area contributed by atoms with Crippen molar-refractivity contribution in [3.63, 3.8) is 0 Å². The second-order valence-electron chi connectivity index (χ2n) is 4.28. The van der Waals surface area contributed by atoms with Crippen molar-refractivity contribution in [1.29, 1.82) is 0 Å². The van der Waals surface area contributed by atoms with Gasteiger partial charge < -0.3 is 11.1 Å². The predicted molar refractivity (Wildman–Crippen MR) is 68.0 cm³/mol. The molecular formula is C12H18N2OS. The highest BCUT2D eigenvalue weighted by Gasteiger charge is 2.19. The Balaban J connectivity index is 2.34. The fourth-order valence-corrected chi connectivity index (χ4v) is 3.14. The van der Waals surface area contributed by atoms with Gasteiger partial charge in [-0.15, -0.1) is 0 Å². The molecule has 3 N–H and O–H groups in total. The fourth-order valence-electron chi connectivity index (χ4n) is 2.27. The summed E-state index contributed by atoms with van der Waals surface area (Å²) in [7, 11) is -0.953. The molecular weight excluding hydrogens is 220 g/mol. The summed E-state index contributed by atoms with van der Waals surface area (Å²) in [5, 5.41) is 3.34. The van der Waals surface area contributed by atoms with Crippen LogP contribution in [0.2, 0.25) is 0 Å². The van der Waals surface area contributed by atoms with Crippen molar-refractivity contribution >= 4 is 16.5 Å². The van der Waals surface area contributed by atoms with Crippen LogP contribution in [-0.2, 0) is 10.8 Å². The van der Waals surface area contributed by atoms with Crippen molar-refractivity contribution in [1.82, 2.24) is 5.32 Å². The van der Waals surface area contributed by atoms with Crippen LogP contribution in [-0.4, -0.2) is 23.6 Å². The van der Waals surface area contributed by atoms with Crippen LogP contribution >= 0.6 is 0 Å². The quantitative estimate of drug-likeness (QED) is 0.767. The van der Waals surface area contributed by atoms with Crippen LogP contribution in [0.4, 0.5) is 5.69 Å². The largest absolute Gasteiger partial charge is 0.399 e. The van der Waals surface area contributed by atoms with Gasteiger partial charge in [0.1, 0.15) is 0 Å². The van der Waals surface area contributed by atoms with E-state index in [0.29, 0.717) is 11.6 Å². The first kappa shape index (κ1) is 11.6. The first-order valence-electron chi connectivity index (χ1n) is 5.62. The van der Waals surface area contributed by atoms with Crippen molar-refractivity contribution in [2.75, 3.05) is 25.1 Å². The summed E-state index contributed by atoms with van der Waals surface area (Å²) in [6.07, 6.45) is 3.96. The molecule has 16 heavy (non-hydrogen) atoms.